The molecule has 0 aliphatic heterocycles. The fraction of sp³-hybridized carbons (Fsp3) is 0.0526. The summed E-state index contributed by atoms with van der Waals surface area (Å²) in [6.45, 7) is 3.99. The van der Waals surface area contributed by atoms with Crippen molar-refractivity contribution in [1.82, 2.24) is 4.57 Å². The summed E-state index contributed by atoms with van der Waals surface area (Å²) < 4.78 is 7.33. The third-order valence-electron chi connectivity index (χ3n) is 3.72. The van der Waals surface area contributed by atoms with Crippen molar-refractivity contribution in [2.45, 2.75) is 0 Å². The van der Waals surface area contributed by atoms with E-state index >= 15 is 0 Å². The Morgan fingerprint density at radius 2 is 2.12 bits per heavy atom. The Kier molecular flexibility index (Phi) is 4.46. The molecule has 2 N–H and O–H groups in total. The molecule has 0 aliphatic rings. The van der Waals surface area contributed by atoms with E-state index in [1.165, 1.54) is 0 Å². The summed E-state index contributed by atoms with van der Waals surface area (Å²) in [5, 5.41) is 0.730. The fourth-order valence-corrected chi connectivity index (χ4v) is 2.66. The molecule has 0 atom stereocenters. The van der Waals surface area contributed by atoms with Crippen LogP contribution < -0.4 is 10.5 Å². The highest BCUT2D eigenvalue weighted by Crippen LogP contribution is 2.34. The Morgan fingerprint density at radius 3 is 2.84 bits per heavy atom. The first-order valence-corrected chi connectivity index (χ1v) is 7.51. The minimum Gasteiger partial charge on any atom is -0.489 e. The van der Waals surface area contributed by atoms with Crippen molar-refractivity contribution >= 4 is 28.6 Å². The van der Waals surface area contributed by atoms with Crippen LogP contribution in [0.15, 0.2) is 66.3 Å². The molecular formula is C19H15N3O3. The summed E-state index contributed by atoms with van der Waals surface area (Å²) in [5.74, 6) is 0.0851. The van der Waals surface area contributed by atoms with Crippen LogP contribution in [0.5, 0.6) is 5.75 Å². The van der Waals surface area contributed by atoms with E-state index in [4.69, 9.17) is 10.5 Å². The summed E-state index contributed by atoms with van der Waals surface area (Å²) in [6, 6.07) is 12.3. The molecular weight excluding hydrogens is 318 g/mol. The molecule has 124 valence electrons. The number of carbonyl (C=O) groups is 1. The van der Waals surface area contributed by atoms with E-state index in [9.17, 15) is 9.59 Å². The van der Waals surface area contributed by atoms with Gasteiger partial charge < -0.3 is 15.0 Å². The zero-order valence-corrected chi connectivity index (χ0v) is 13.3. The topological polar surface area (TPSA) is 86.7 Å². The molecule has 0 unspecified atom stereocenters. The van der Waals surface area contributed by atoms with Gasteiger partial charge in [0.15, 0.2) is 0 Å². The molecule has 0 spiro atoms. The quantitative estimate of drug-likeness (QED) is 0.427. The summed E-state index contributed by atoms with van der Waals surface area (Å²) in [6.07, 6.45) is 4.86. The van der Waals surface area contributed by atoms with Gasteiger partial charge in [-0.2, -0.15) is 4.99 Å². The van der Waals surface area contributed by atoms with E-state index in [-0.39, 0.29) is 0 Å². The van der Waals surface area contributed by atoms with E-state index in [0.29, 0.717) is 29.3 Å². The second-order valence-corrected chi connectivity index (χ2v) is 5.25. The Balaban J connectivity index is 2.28. The van der Waals surface area contributed by atoms with Crippen molar-refractivity contribution in [3.63, 3.8) is 0 Å². The lowest BCUT2D eigenvalue weighted by atomic mass is 10.1. The number of para-hydroxylation sites is 1. The highest BCUT2D eigenvalue weighted by atomic mass is 16.5. The number of rotatable bonds is 6. The van der Waals surface area contributed by atoms with Gasteiger partial charge in [-0.05, 0) is 24.3 Å². The van der Waals surface area contributed by atoms with Crippen LogP contribution in [0.2, 0.25) is 0 Å². The van der Waals surface area contributed by atoms with Gasteiger partial charge in [-0.3, -0.25) is 4.79 Å². The SMILES string of the molecule is C=CCOc1ccc2c(N=C=O)cn(-c3ccccc3C(N)=O)c2c1. The molecule has 0 saturated carbocycles. The molecule has 0 saturated heterocycles. The van der Waals surface area contributed by atoms with Gasteiger partial charge in [0, 0.05) is 17.6 Å². The first-order chi connectivity index (χ1) is 12.2. The number of fused-ring (bicyclic) bond motifs is 1. The van der Waals surface area contributed by atoms with E-state index in [0.717, 1.165) is 10.9 Å². The number of hydrogen-bond acceptors (Lipinski definition) is 4. The number of carbonyl (C=O) groups excluding carboxylic acids is 2. The van der Waals surface area contributed by atoms with Crippen LogP contribution in [-0.4, -0.2) is 23.2 Å². The number of aliphatic imine (C=N–C) groups is 1. The van der Waals surface area contributed by atoms with Crippen molar-refractivity contribution in [1.29, 1.82) is 0 Å². The van der Waals surface area contributed by atoms with Crippen LogP contribution in [0.4, 0.5) is 5.69 Å². The lowest BCUT2D eigenvalue weighted by molar-refractivity contribution is 0.100. The third-order valence-corrected chi connectivity index (χ3v) is 3.72. The molecule has 25 heavy (non-hydrogen) atoms. The molecule has 0 bridgehead atoms. The molecule has 1 heterocycles. The molecule has 6 heteroatoms. The largest absolute Gasteiger partial charge is 0.489 e. The lowest BCUT2D eigenvalue weighted by Gasteiger charge is -2.10. The molecule has 0 radical (unpaired) electrons. The number of amides is 1. The summed E-state index contributed by atoms with van der Waals surface area (Å²) in [4.78, 5) is 26.2. The molecule has 0 fully saturated rings. The maximum Gasteiger partial charge on any atom is 0.250 e. The number of aromatic nitrogens is 1. The number of hydrogen-bond donors (Lipinski definition) is 1. The van der Waals surface area contributed by atoms with Gasteiger partial charge in [-0.15, -0.1) is 0 Å². The highest BCUT2D eigenvalue weighted by Gasteiger charge is 2.15. The molecule has 3 aromatic rings. The number of isocyanates is 1. The summed E-state index contributed by atoms with van der Waals surface area (Å²) >= 11 is 0. The Labute approximate surface area is 143 Å². The van der Waals surface area contributed by atoms with Crippen LogP contribution in [0.25, 0.3) is 16.6 Å². The second-order valence-electron chi connectivity index (χ2n) is 5.25. The van der Waals surface area contributed by atoms with Crippen molar-refractivity contribution in [2.75, 3.05) is 6.61 Å². The molecule has 1 amide bonds. The maximum absolute atomic E-state index is 11.8. The Bertz CT molecular complexity index is 1010. The first kappa shape index (κ1) is 16.2. The molecule has 3 rings (SSSR count). The summed E-state index contributed by atoms with van der Waals surface area (Å²) in [7, 11) is 0. The average Bonchev–Trinajstić information content (AvgIpc) is 2.98. The van der Waals surface area contributed by atoms with Crippen LogP contribution in [0, 0.1) is 0 Å². The average molecular weight is 333 g/mol. The van der Waals surface area contributed by atoms with Gasteiger partial charge in [0.2, 0.25) is 6.08 Å². The van der Waals surface area contributed by atoms with Gasteiger partial charge in [-0.25, -0.2) is 4.79 Å². The smallest absolute Gasteiger partial charge is 0.250 e. The minimum absolute atomic E-state index is 0.360. The molecule has 0 aliphatic carbocycles. The van der Waals surface area contributed by atoms with Gasteiger partial charge >= 0.3 is 0 Å². The third kappa shape index (κ3) is 3.06. The van der Waals surface area contributed by atoms with Gasteiger partial charge in [0.1, 0.15) is 18.0 Å². The Hall–Kier alpha value is -3.63. The second kappa shape index (κ2) is 6.86. The highest BCUT2D eigenvalue weighted by molar-refractivity contribution is 5.99. The molecule has 2 aromatic carbocycles. The van der Waals surface area contributed by atoms with Gasteiger partial charge in [0.05, 0.1) is 16.8 Å². The van der Waals surface area contributed by atoms with Crippen LogP contribution in [0.3, 0.4) is 0 Å². The fourth-order valence-electron chi connectivity index (χ4n) is 2.66. The van der Waals surface area contributed by atoms with Crippen molar-refractivity contribution in [3.8, 4) is 11.4 Å². The van der Waals surface area contributed by atoms with Crippen LogP contribution >= 0.6 is 0 Å². The number of ether oxygens (including phenoxy) is 1. The predicted molar refractivity (Wildman–Crippen MR) is 95.3 cm³/mol. The van der Waals surface area contributed by atoms with Crippen molar-refractivity contribution in [3.05, 3.63) is 66.9 Å². The zero-order valence-electron chi connectivity index (χ0n) is 13.3. The molecule has 6 nitrogen and oxygen atoms in total. The summed E-state index contributed by atoms with van der Waals surface area (Å²) in [5.41, 5.74) is 7.60. The van der Waals surface area contributed by atoms with Crippen LogP contribution in [-0.2, 0) is 4.79 Å². The Morgan fingerprint density at radius 1 is 1.32 bits per heavy atom. The monoisotopic (exact) mass is 333 g/mol. The normalized spacial score (nSPS) is 10.2. The van der Waals surface area contributed by atoms with Crippen LogP contribution in [0.1, 0.15) is 10.4 Å². The van der Waals surface area contributed by atoms with Gasteiger partial charge in [0.25, 0.3) is 5.91 Å². The molecule has 1 aromatic heterocycles. The number of nitrogens with two attached hydrogens (primary N) is 1. The minimum atomic E-state index is -0.544. The van der Waals surface area contributed by atoms with Crippen molar-refractivity contribution < 1.29 is 14.3 Å². The van der Waals surface area contributed by atoms with E-state index < -0.39 is 5.91 Å². The first-order valence-electron chi connectivity index (χ1n) is 7.51. The predicted octanol–water partition coefficient (Wildman–Crippen LogP) is 3.26. The standard InChI is InChI=1S/C19H15N3O3/c1-2-9-25-13-7-8-14-16(21-12-23)11-22(18(14)10-13)17-6-4-3-5-15(17)19(20)24/h2-8,10-11H,1,9H2,(H2,20,24). The lowest BCUT2D eigenvalue weighted by Crippen LogP contribution is -2.14. The zero-order chi connectivity index (χ0) is 17.8. The number of nitrogens with zero attached hydrogens (tertiary/aromatic N) is 2. The number of primary amides is 1. The van der Waals surface area contributed by atoms with Crippen molar-refractivity contribution in [2.24, 2.45) is 10.7 Å². The van der Waals surface area contributed by atoms with Gasteiger partial charge in [-0.1, -0.05) is 24.8 Å². The number of benzene rings is 2. The van der Waals surface area contributed by atoms with E-state index in [2.05, 4.69) is 11.6 Å². The maximum atomic E-state index is 11.8. The van der Waals surface area contributed by atoms with E-state index in [1.54, 1.807) is 65.4 Å². The van der Waals surface area contributed by atoms with E-state index in [1.807, 2.05) is 0 Å².